The minimum absolute atomic E-state index is 0.144. The van der Waals surface area contributed by atoms with E-state index < -0.39 is 33.4 Å². The van der Waals surface area contributed by atoms with Gasteiger partial charge >= 0.3 is 6.03 Å². The molecule has 9 nitrogen and oxygen atoms in total. The normalized spacial score (nSPS) is 37.0. The van der Waals surface area contributed by atoms with Crippen molar-refractivity contribution in [3.63, 3.8) is 0 Å². The summed E-state index contributed by atoms with van der Waals surface area (Å²) >= 11 is 0. The first-order chi connectivity index (χ1) is 15.2. The minimum Gasteiger partial charge on any atom is -0.320 e. The second-order valence-corrected chi connectivity index (χ2v) is 12.5. The molecule has 0 spiro atoms. The van der Waals surface area contributed by atoms with Crippen LogP contribution in [0, 0.1) is 11.8 Å². The number of sulfonamides is 1. The predicted octanol–water partition coefficient (Wildman–Crippen LogP) is 1.30. The van der Waals surface area contributed by atoms with Crippen molar-refractivity contribution in [3.8, 4) is 0 Å². The van der Waals surface area contributed by atoms with Gasteiger partial charge < -0.3 is 4.90 Å². The molecule has 5 atom stereocenters. The van der Waals surface area contributed by atoms with E-state index in [4.69, 9.17) is 4.84 Å². The Morgan fingerprint density at radius 3 is 2.50 bits per heavy atom. The van der Waals surface area contributed by atoms with Gasteiger partial charge in [0.05, 0.1) is 29.4 Å². The standard InChI is InChI=1S/C21H33FN4O5S/c1-13-8-15(31-23-13)11-26-19(27)17-9-16(32(29,30)24-21(12-22)6-7-21)4-5-18(17)25(20(26)28)10-14-2-3-14/h13-18,23-24H,2-12H2,1H3. The quantitative estimate of drug-likeness (QED) is 0.551. The monoisotopic (exact) mass is 472 g/mol. The SMILES string of the molecule is CC1CC(CN2C(=O)C3CC(S(=O)(=O)NC4(CF)CC4)CCC3N(CC3CC3)C2=O)ON1. The van der Waals surface area contributed by atoms with Gasteiger partial charge in [0, 0.05) is 18.6 Å². The highest BCUT2D eigenvalue weighted by Crippen LogP contribution is 2.42. The molecule has 3 amide bonds. The first-order valence-electron chi connectivity index (χ1n) is 11.8. The molecule has 32 heavy (non-hydrogen) atoms. The van der Waals surface area contributed by atoms with Crippen LogP contribution < -0.4 is 10.2 Å². The van der Waals surface area contributed by atoms with E-state index >= 15 is 0 Å². The van der Waals surface area contributed by atoms with E-state index in [1.807, 2.05) is 11.8 Å². The number of rotatable bonds is 8. The van der Waals surface area contributed by atoms with E-state index in [1.165, 1.54) is 4.90 Å². The summed E-state index contributed by atoms with van der Waals surface area (Å²) in [6.07, 6.45) is 4.58. The van der Waals surface area contributed by atoms with E-state index in [9.17, 15) is 22.4 Å². The van der Waals surface area contributed by atoms with Crippen molar-refractivity contribution in [2.75, 3.05) is 19.8 Å². The number of hydrogen-bond donors (Lipinski definition) is 2. The summed E-state index contributed by atoms with van der Waals surface area (Å²) in [6.45, 7) is 2.04. The lowest BCUT2D eigenvalue weighted by Gasteiger charge is -2.48. The molecule has 3 aliphatic carbocycles. The lowest BCUT2D eigenvalue weighted by molar-refractivity contribution is -0.142. The van der Waals surface area contributed by atoms with Crippen molar-refractivity contribution in [3.05, 3.63) is 0 Å². The maximum absolute atomic E-state index is 13.4. The Kier molecular flexibility index (Phi) is 5.75. The number of imide groups is 1. The highest BCUT2D eigenvalue weighted by molar-refractivity contribution is 7.90. The lowest BCUT2D eigenvalue weighted by Crippen LogP contribution is -2.65. The van der Waals surface area contributed by atoms with Crippen LogP contribution in [0.15, 0.2) is 0 Å². The van der Waals surface area contributed by atoms with Gasteiger partial charge in [-0.15, -0.1) is 0 Å². The fraction of sp³-hybridized carbons (Fsp3) is 0.905. The number of carbonyl (C=O) groups is 2. The molecule has 2 N–H and O–H groups in total. The molecule has 2 aliphatic heterocycles. The average molecular weight is 473 g/mol. The summed E-state index contributed by atoms with van der Waals surface area (Å²) in [5.74, 6) is -0.405. The smallest absolute Gasteiger partial charge is 0.320 e. The molecule has 180 valence electrons. The molecular weight excluding hydrogens is 439 g/mol. The molecule has 2 saturated heterocycles. The molecular formula is C21H33FN4O5S. The summed E-state index contributed by atoms with van der Waals surface area (Å²) < 4.78 is 41.9. The summed E-state index contributed by atoms with van der Waals surface area (Å²) in [5.41, 5.74) is 1.93. The topological polar surface area (TPSA) is 108 Å². The van der Waals surface area contributed by atoms with E-state index in [0.717, 1.165) is 12.8 Å². The number of nitrogens with zero attached hydrogens (tertiary/aromatic N) is 2. The van der Waals surface area contributed by atoms with Crippen LogP contribution in [0.2, 0.25) is 0 Å². The van der Waals surface area contributed by atoms with Gasteiger partial charge in [0.1, 0.15) is 6.67 Å². The summed E-state index contributed by atoms with van der Waals surface area (Å²) in [6, 6.07) is -0.401. The Morgan fingerprint density at radius 2 is 1.91 bits per heavy atom. The first-order valence-corrected chi connectivity index (χ1v) is 13.4. The van der Waals surface area contributed by atoms with Crippen molar-refractivity contribution in [2.45, 2.75) is 87.3 Å². The number of alkyl halides is 1. The largest absolute Gasteiger partial charge is 0.327 e. The number of halogens is 1. The Labute approximate surface area is 188 Å². The molecule has 0 aromatic rings. The van der Waals surface area contributed by atoms with Crippen LogP contribution in [-0.2, 0) is 19.7 Å². The van der Waals surface area contributed by atoms with Gasteiger partial charge in [-0.3, -0.25) is 14.5 Å². The van der Waals surface area contributed by atoms with Crippen LogP contribution >= 0.6 is 0 Å². The van der Waals surface area contributed by atoms with Gasteiger partial charge in [0.15, 0.2) is 0 Å². The average Bonchev–Trinajstić information content (AvgIpc) is 3.69. The van der Waals surface area contributed by atoms with Crippen molar-refractivity contribution in [1.82, 2.24) is 20.0 Å². The Balaban J connectivity index is 1.34. The van der Waals surface area contributed by atoms with Gasteiger partial charge in [0.2, 0.25) is 15.9 Å². The highest BCUT2D eigenvalue weighted by atomic mass is 32.2. The third-order valence-corrected chi connectivity index (χ3v) is 9.75. The van der Waals surface area contributed by atoms with Crippen LogP contribution in [0.25, 0.3) is 0 Å². The molecule has 0 aromatic carbocycles. The van der Waals surface area contributed by atoms with Crippen LogP contribution in [0.3, 0.4) is 0 Å². The second kappa shape index (κ2) is 8.18. The molecule has 5 aliphatic rings. The molecule has 0 aromatic heterocycles. The lowest BCUT2D eigenvalue weighted by atomic mass is 9.80. The molecule has 2 heterocycles. The number of carbonyl (C=O) groups excluding carboxylic acids is 2. The first kappa shape index (κ1) is 22.5. The van der Waals surface area contributed by atoms with E-state index in [0.29, 0.717) is 44.6 Å². The fourth-order valence-corrected chi connectivity index (χ4v) is 7.34. The number of hydroxylamine groups is 1. The molecule has 11 heteroatoms. The number of urea groups is 1. The Morgan fingerprint density at radius 1 is 1.16 bits per heavy atom. The van der Waals surface area contributed by atoms with Gasteiger partial charge in [0.25, 0.3) is 0 Å². The third kappa shape index (κ3) is 4.28. The third-order valence-electron chi connectivity index (χ3n) is 7.72. The van der Waals surface area contributed by atoms with Crippen LogP contribution in [0.1, 0.15) is 58.3 Å². The zero-order chi connectivity index (χ0) is 22.7. The number of amides is 3. The van der Waals surface area contributed by atoms with Gasteiger partial charge in [-0.05, 0) is 64.2 Å². The predicted molar refractivity (Wildman–Crippen MR) is 114 cm³/mol. The summed E-state index contributed by atoms with van der Waals surface area (Å²) in [7, 11) is -3.75. The molecule has 0 radical (unpaired) electrons. The van der Waals surface area contributed by atoms with E-state index in [2.05, 4.69) is 10.2 Å². The Hall–Kier alpha value is -1.30. The fourth-order valence-electron chi connectivity index (χ4n) is 5.41. The van der Waals surface area contributed by atoms with Crippen molar-refractivity contribution in [1.29, 1.82) is 0 Å². The highest BCUT2D eigenvalue weighted by Gasteiger charge is 2.54. The van der Waals surface area contributed by atoms with E-state index in [-0.39, 0.29) is 43.1 Å². The maximum atomic E-state index is 13.4. The van der Waals surface area contributed by atoms with Crippen LogP contribution in [0.5, 0.6) is 0 Å². The minimum atomic E-state index is -3.75. The molecule has 0 bridgehead atoms. The molecule has 5 fully saturated rings. The summed E-state index contributed by atoms with van der Waals surface area (Å²) in [5, 5.41) is -0.751. The van der Waals surface area contributed by atoms with Crippen LogP contribution in [0.4, 0.5) is 9.18 Å². The molecule has 5 rings (SSSR count). The van der Waals surface area contributed by atoms with Gasteiger partial charge in [-0.1, -0.05) is 0 Å². The van der Waals surface area contributed by atoms with Crippen molar-refractivity contribution >= 4 is 22.0 Å². The van der Waals surface area contributed by atoms with Gasteiger partial charge in [-0.25, -0.2) is 22.3 Å². The second-order valence-electron chi connectivity index (χ2n) is 10.5. The zero-order valence-electron chi connectivity index (χ0n) is 18.5. The maximum Gasteiger partial charge on any atom is 0.327 e. The summed E-state index contributed by atoms with van der Waals surface area (Å²) in [4.78, 5) is 35.4. The molecule has 5 unspecified atom stereocenters. The number of fused-ring (bicyclic) bond motifs is 1. The van der Waals surface area contributed by atoms with Crippen molar-refractivity contribution < 1.29 is 27.2 Å². The van der Waals surface area contributed by atoms with Crippen LogP contribution in [-0.4, -0.2) is 78.9 Å². The Bertz CT molecular complexity index is 877. The molecule has 3 saturated carbocycles. The van der Waals surface area contributed by atoms with Gasteiger partial charge in [-0.2, -0.15) is 5.48 Å². The zero-order valence-corrected chi connectivity index (χ0v) is 19.3. The number of hydrogen-bond acceptors (Lipinski definition) is 6. The van der Waals surface area contributed by atoms with E-state index in [1.54, 1.807) is 0 Å². The van der Waals surface area contributed by atoms with Crippen molar-refractivity contribution in [2.24, 2.45) is 11.8 Å². The number of nitrogens with one attached hydrogen (secondary N) is 2.